The van der Waals surface area contributed by atoms with Crippen LogP contribution in [-0.2, 0) is 0 Å². The number of benzene rings is 9. The van der Waals surface area contributed by atoms with E-state index in [1.807, 2.05) is 12.4 Å². The number of rotatable bonds is 3. The molecule has 0 saturated heterocycles. The molecule has 0 aliphatic heterocycles. The molecule has 0 bridgehead atoms. The zero-order valence-electron chi connectivity index (χ0n) is 27.2. The fourth-order valence-electron chi connectivity index (χ4n) is 8.46. The summed E-state index contributed by atoms with van der Waals surface area (Å²) in [5.41, 5.74) is 7.28. The molecule has 0 spiro atoms. The van der Waals surface area contributed by atoms with Crippen LogP contribution in [-0.4, -0.2) is 4.98 Å². The third-order valence-electron chi connectivity index (χ3n) is 10.8. The van der Waals surface area contributed by atoms with E-state index in [-0.39, 0.29) is 0 Å². The van der Waals surface area contributed by atoms with Crippen LogP contribution in [0, 0.1) is 0 Å². The van der Waals surface area contributed by atoms with Gasteiger partial charge in [0.15, 0.2) is 0 Å². The minimum absolute atomic E-state index is 1.18. The third-order valence-corrected chi connectivity index (χ3v) is 10.8. The first-order valence-corrected chi connectivity index (χ1v) is 17.3. The summed E-state index contributed by atoms with van der Waals surface area (Å²) < 4.78 is 0. The molecule has 0 saturated carbocycles. The minimum Gasteiger partial charge on any atom is -0.265 e. The van der Waals surface area contributed by atoms with Crippen LogP contribution in [0.5, 0.6) is 0 Å². The van der Waals surface area contributed by atoms with Crippen LogP contribution in [0.3, 0.4) is 0 Å². The highest BCUT2D eigenvalue weighted by Crippen LogP contribution is 2.44. The molecule has 0 amide bonds. The summed E-state index contributed by atoms with van der Waals surface area (Å²) in [4.78, 5) is 4.15. The van der Waals surface area contributed by atoms with Crippen molar-refractivity contribution in [2.45, 2.75) is 0 Å². The van der Waals surface area contributed by atoms with Gasteiger partial charge in [-0.3, -0.25) is 4.98 Å². The Hall–Kier alpha value is -6.57. The lowest BCUT2D eigenvalue weighted by atomic mass is 9.86. The van der Waals surface area contributed by atoms with Crippen molar-refractivity contribution in [3.8, 4) is 33.4 Å². The van der Waals surface area contributed by atoms with E-state index in [1.165, 1.54) is 109 Å². The Morgan fingerprint density at radius 2 is 0.620 bits per heavy atom. The Bertz CT molecular complexity index is 3110. The lowest BCUT2D eigenvalue weighted by molar-refractivity contribution is 1.33. The first-order valence-electron chi connectivity index (χ1n) is 17.3. The summed E-state index contributed by atoms with van der Waals surface area (Å²) in [5.74, 6) is 0. The molecule has 1 aromatic heterocycles. The van der Waals surface area contributed by atoms with Crippen molar-refractivity contribution in [1.29, 1.82) is 0 Å². The van der Waals surface area contributed by atoms with Gasteiger partial charge in [0, 0.05) is 12.4 Å². The molecule has 0 aliphatic rings. The van der Waals surface area contributed by atoms with Crippen LogP contribution in [0.1, 0.15) is 0 Å². The van der Waals surface area contributed by atoms with E-state index in [0.29, 0.717) is 0 Å². The van der Waals surface area contributed by atoms with Crippen LogP contribution in [0.15, 0.2) is 176 Å². The summed E-state index contributed by atoms with van der Waals surface area (Å²) in [6, 6.07) is 61.1. The second kappa shape index (κ2) is 10.5. The summed E-state index contributed by atoms with van der Waals surface area (Å²) >= 11 is 0. The van der Waals surface area contributed by atoms with Gasteiger partial charge in [-0.15, -0.1) is 0 Å². The van der Waals surface area contributed by atoms with Crippen LogP contribution in [0.25, 0.3) is 109 Å². The molecule has 1 heteroatoms. The zero-order valence-corrected chi connectivity index (χ0v) is 27.2. The van der Waals surface area contributed by atoms with Crippen LogP contribution in [0.4, 0.5) is 0 Å². The van der Waals surface area contributed by atoms with Crippen molar-refractivity contribution in [1.82, 2.24) is 4.98 Å². The SMILES string of the molecule is c1cc2ccc3cccc4c5cc(-c6ccc7cc(-c8ccc(-c9ccncc9)cc8)ccc7c6)cc6ccc7cccc(c(c1)c2c34)c7c65. The van der Waals surface area contributed by atoms with Crippen LogP contribution < -0.4 is 0 Å². The molecule has 1 nitrogen and oxygen atoms in total. The standard InChI is InChI=1S/C49H29N/c1-4-33-14-15-34-6-3-9-44-45-29-41(28-40-21-16-35-5-2-8-43(47(35)49(40)45)42(7-1)46(33)48(34)44)39-20-19-37-26-36(17-18-38(37)27-39)31-12-10-30(11-13-31)32-22-24-50-25-23-32/h1-29H. The number of fused-ring (bicyclic) bond motifs is 3. The molecular formula is C49H29N. The van der Waals surface area contributed by atoms with Gasteiger partial charge in [0.25, 0.3) is 0 Å². The maximum atomic E-state index is 4.15. The van der Waals surface area contributed by atoms with Gasteiger partial charge in [-0.05, 0) is 145 Å². The molecule has 0 radical (unpaired) electrons. The molecule has 1 heterocycles. The zero-order chi connectivity index (χ0) is 32.8. The van der Waals surface area contributed by atoms with Crippen molar-refractivity contribution in [3.63, 3.8) is 0 Å². The molecule has 0 fully saturated rings. The predicted molar refractivity (Wildman–Crippen MR) is 214 cm³/mol. The van der Waals surface area contributed by atoms with E-state index < -0.39 is 0 Å². The monoisotopic (exact) mass is 631 g/mol. The Balaban J connectivity index is 1.12. The normalized spacial score (nSPS) is 12.0. The van der Waals surface area contributed by atoms with Crippen molar-refractivity contribution in [2.75, 3.05) is 0 Å². The molecule has 0 atom stereocenters. The van der Waals surface area contributed by atoms with Crippen molar-refractivity contribution in [2.24, 2.45) is 0 Å². The van der Waals surface area contributed by atoms with Gasteiger partial charge in [-0.2, -0.15) is 0 Å². The Kier molecular flexibility index (Phi) is 5.73. The molecule has 230 valence electrons. The molecular weight excluding hydrogens is 603 g/mol. The van der Waals surface area contributed by atoms with E-state index in [0.717, 1.165) is 0 Å². The van der Waals surface area contributed by atoms with Gasteiger partial charge >= 0.3 is 0 Å². The van der Waals surface area contributed by atoms with Gasteiger partial charge in [0.05, 0.1) is 0 Å². The number of hydrogen-bond acceptors (Lipinski definition) is 1. The smallest absolute Gasteiger partial charge is 0.0273 e. The number of pyridine rings is 1. The first kappa shape index (κ1) is 27.4. The highest BCUT2D eigenvalue weighted by atomic mass is 14.6. The van der Waals surface area contributed by atoms with E-state index in [2.05, 4.69) is 169 Å². The van der Waals surface area contributed by atoms with Gasteiger partial charge in [0.1, 0.15) is 0 Å². The van der Waals surface area contributed by atoms with Gasteiger partial charge in [-0.1, -0.05) is 127 Å². The largest absolute Gasteiger partial charge is 0.265 e. The second-order valence-electron chi connectivity index (χ2n) is 13.6. The summed E-state index contributed by atoms with van der Waals surface area (Å²) in [5, 5.41) is 18.2. The average Bonchev–Trinajstić information content (AvgIpc) is 3.19. The van der Waals surface area contributed by atoms with Gasteiger partial charge < -0.3 is 0 Å². The number of nitrogens with zero attached hydrogens (tertiary/aromatic N) is 1. The van der Waals surface area contributed by atoms with Crippen LogP contribution >= 0.6 is 0 Å². The van der Waals surface area contributed by atoms with Crippen LogP contribution in [0.2, 0.25) is 0 Å². The fourth-order valence-corrected chi connectivity index (χ4v) is 8.46. The summed E-state index contributed by atoms with van der Waals surface area (Å²) in [7, 11) is 0. The lowest BCUT2D eigenvalue weighted by Gasteiger charge is -2.17. The van der Waals surface area contributed by atoms with E-state index in [4.69, 9.17) is 0 Å². The topological polar surface area (TPSA) is 12.9 Å². The summed E-state index contributed by atoms with van der Waals surface area (Å²) in [6.07, 6.45) is 3.68. The van der Waals surface area contributed by atoms with Crippen molar-refractivity contribution < 1.29 is 0 Å². The molecule has 0 N–H and O–H groups in total. The quantitative estimate of drug-likeness (QED) is 0.177. The fraction of sp³-hybridized carbons (Fsp3) is 0. The minimum atomic E-state index is 1.18. The molecule has 50 heavy (non-hydrogen) atoms. The Labute approximate surface area is 289 Å². The molecule has 10 aromatic carbocycles. The first-order chi connectivity index (χ1) is 24.8. The third kappa shape index (κ3) is 4.04. The number of aromatic nitrogens is 1. The molecule has 0 unspecified atom stereocenters. The molecule has 11 aromatic rings. The van der Waals surface area contributed by atoms with Gasteiger partial charge in [-0.25, -0.2) is 0 Å². The highest BCUT2D eigenvalue weighted by molar-refractivity contribution is 6.37. The Morgan fingerprint density at radius 3 is 1.18 bits per heavy atom. The van der Waals surface area contributed by atoms with Gasteiger partial charge in [0.2, 0.25) is 0 Å². The van der Waals surface area contributed by atoms with E-state index in [9.17, 15) is 0 Å². The maximum absolute atomic E-state index is 4.15. The van der Waals surface area contributed by atoms with E-state index >= 15 is 0 Å². The lowest BCUT2D eigenvalue weighted by Crippen LogP contribution is -1.89. The highest BCUT2D eigenvalue weighted by Gasteiger charge is 2.16. The number of hydrogen-bond donors (Lipinski definition) is 0. The van der Waals surface area contributed by atoms with E-state index in [1.54, 1.807) is 0 Å². The van der Waals surface area contributed by atoms with Crippen molar-refractivity contribution in [3.05, 3.63) is 176 Å². The van der Waals surface area contributed by atoms with Crippen molar-refractivity contribution >= 4 is 75.4 Å². The molecule has 11 rings (SSSR count). The summed E-state index contributed by atoms with van der Waals surface area (Å²) in [6.45, 7) is 0. The predicted octanol–water partition coefficient (Wildman–Crippen LogP) is 13.6. The Morgan fingerprint density at radius 1 is 0.240 bits per heavy atom. The second-order valence-corrected chi connectivity index (χ2v) is 13.6. The molecule has 0 aliphatic carbocycles. The average molecular weight is 632 g/mol. The maximum Gasteiger partial charge on any atom is 0.0273 e.